The van der Waals surface area contributed by atoms with E-state index >= 15 is 0 Å². The average molecular weight is 847 g/mol. The van der Waals surface area contributed by atoms with Gasteiger partial charge < -0.3 is 14.2 Å². The third kappa shape index (κ3) is 47.2. The Morgan fingerprint density at radius 2 is 0.550 bits per heavy atom. The molecule has 0 heterocycles. The van der Waals surface area contributed by atoms with Crippen molar-refractivity contribution >= 4 is 17.9 Å². The van der Waals surface area contributed by atoms with Crippen molar-refractivity contribution in [2.45, 2.75) is 303 Å². The van der Waals surface area contributed by atoms with E-state index in [9.17, 15) is 14.4 Å². The maximum absolute atomic E-state index is 12.8. The van der Waals surface area contributed by atoms with E-state index in [1.807, 2.05) is 0 Å². The molecule has 0 amide bonds. The second kappa shape index (κ2) is 49.8. The van der Waals surface area contributed by atoms with Crippen molar-refractivity contribution in [3.05, 3.63) is 12.2 Å². The Labute approximate surface area is 373 Å². The van der Waals surface area contributed by atoms with Gasteiger partial charge in [-0.25, -0.2) is 0 Å². The molecule has 0 aromatic heterocycles. The van der Waals surface area contributed by atoms with Crippen LogP contribution in [0.4, 0.5) is 0 Å². The van der Waals surface area contributed by atoms with Crippen molar-refractivity contribution in [1.29, 1.82) is 0 Å². The SMILES string of the molecule is CCCCCC/C=C\CCCCCCCCCC(=O)OC[C@H](COC(=O)CCCCCCCCCCCCCC)OC(=O)CCCCCCCCCCCCCCCCC. The normalized spacial score (nSPS) is 12.0. The molecule has 0 N–H and O–H groups in total. The van der Waals surface area contributed by atoms with Crippen LogP contribution in [0.5, 0.6) is 0 Å². The second-order valence-electron chi connectivity index (χ2n) is 18.2. The molecule has 0 rings (SSSR count). The summed E-state index contributed by atoms with van der Waals surface area (Å²) in [6.45, 7) is 6.66. The fourth-order valence-electron chi connectivity index (χ4n) is 7.97. The Balaban J connectivity index is 4.32. The van der Waals surface area contributed by atoms with Gasteiger partial charge >= 0.3 is 17.9 Å². The minimum atomic E-state index is -0.764. The number of esters is 3. The molecular formula is C54H102O6. The van der Waals surface area contributed by atoms with Crippen LogP contribution in [0.1, 0.15) is 297 Å². The fraction of sp³-hybridized carbons (Fsp3) is 0.907. The zero-order valence-electron chi connectivity index (χ0n) is 40.5. The smallest absolute Gasteiger partial charge is 0.306 e. The lowest BCUT2D eigenvalue weighted by atomic mass is 10.0. The molecular weight excluding hydrogens is 745 g/mol. The van der Waals surface area contributed by atoms with E-state index in [1.165, 1.54) is 199 Å². The van der Waals surface area contributed by atoms with Gasteiger partial charge in [0, 0.05) is 19.3 Å². The number of carbonyl (C=O) groups is 3. The minimum absolute atomic E-state index is 0.0658. The first-order valence-corrected chi connectivity index (χ1v) is 26.7. The molecule has 0 spiro atoms. The summed E-state index contributed by atoms with van der Waals surface area (Å²) in [6, 6.07) is 0. The maximum Gasteiger partial charge on any atom is 0.306 e. The molecule has 0 aliphatic carbocycles. The Morgan fingerprint density at radius 3 is 0.850 bits per heavy atom. The van der Waals surface area contributed by atoms with E-state index in [0.29, 0.717) is 19.3 Å². The Bertz CT molecular complexity index is 931. The average Bonchev–Trinajstić information content (AvgIpc) is 3.24. The lowest BCUT2D eigenvalue weighted by Gasteiger charge is -2.18. The number of unbranched alkanes of at least 4 members (excludes halogenated alkanes) is 36. The van der Waals surface area contributed by atoms with Gasteiger partial charge in [-0.1, -0.05) is 245 Å². The van der Waals surface area contributed by atoms with E-state index in [-0.39, 0.29) is 31.1 Å². The molecule has 0 fully saturated rings. The summed E-state index contributed by atoms with van der Waals surface area (Å²) in [5, 5.41) is 0. The number of carbonyl (C=O) groups excluding carboxylic acids is 3. The van der Waals surface area contributed by atoms with Crippen molar-refractivity contribution in [1.82, 2.24) is 0 Å². The molecule has 1 atom stereocenters. The molecule has 0 unspecified atom stereocenters. The first kappa shape index (κ1) is 58.1. The van der Waals surface area contributed by atoms with E-state index < -0.39 is 6.10 Å². The molecule has 60 heavy (non-hydrogen) atoms. The summed E-state index contributed by atoms with van der Waals surface area (Å²) in [7, 11) is 0. The van der Waals surface area contributed by atoms with Crippen molar-refractivity contribution in [3.8, 4) is 0 Å². The van der Waals surface area contributed by atoms with Crippen molar-refractivity contribution in [2.24, 2.45) is 0 Å². The highest BCUT2D eigenvalue weighted by Crippen LogP contribution is 2.16. The second-order valence-corrected chi connectivity index (χ2v) is 18.2. The van der Waals surface area contributed by atoms with Crippen molar-refractivity contribution in [2.75, 3.05) is 13.2 Å². The number of hydrogen-bond acceptors (Lipinski definition) is 6. The van der Waals surface area contributed by atoms with Gasteiger partial charge in [-0.3, -0.25) is 14.4 Å². The monoisotopic (exact) mass is 847 g/mol. The van der Waals surface area contributed by atoms with Gasteiger partial charge in [0.05, 0.1) is 0 Å². The standard InChI is InChI=1S/C54H102O6/c1-4-7-10-13-16-19-22-25-27-29-32-35-38-41-44-47-53(56)59-50-51(49-58-52(55)46-43-40-37-34-31-24-21-18-15-12-9-6-3)60-54(57)48-45-42-39-36-33-30-28-26-23-20-17-14-11-8-5-2/h19,22,51H,4-18,20-21,23-50H2,1-3H3/b22-19-/t51-/m0/s1. The van der Waals surface area contributed by atoms with Gasteiger partial charge in [-0.05, 0) is 44.9 Å². The van der Waals surface area contributed by atoms with Crippen LogP contribution in [0, 0.1) is 0 Å². The highest BCUT2D eigenvalue weighted by molar-refractivity contribution is 5.71. The zero-order valence-corrected chi connectivity index (χ0v) is 40.5. The van der Waals surface area contributed by atoms with Gasteiger partial charge in [0.25, 0.3) is 0 Å². The lowest BCUT2D eigenvalue weighted by molar-refractivity contribution is -0.167. The van der Waals surface area contributed by atoms with Gasteiger partial charge in [-0.15, -0.1) is 0 Å². The Hall–Kier alpha value is -1.85. The highest BCUT2D eigenvalue weighted by Gasteiger charge is 2.19. The van der Waals surface area contributed by atoms with Gasteiger partial charge in [0.15, 0.2) is 6.10 Å². The highest BCUT2D eigenvalue weighted by atomic mass is 16.6. The van der Waals surface area contributed by atoms with Crippen molar-refractivity contribution in [3.63, 3.8) is 0 Å². The fourth-order valence-corrected chi connectivity index (χ4v) is 7.97. The summed E-state index contributed by atoms with van der Waals surface area (Å²) in [5.41, 5.74) is 0. The number of rotatable bonds is 49. The van der Waals surface area contributed by atoms with Crippen LogP contribution in [0.15, 0.2) is 12.2 Å². The minimum Gasteiger partial charge on any atom is -0.462 e. The lowest BCUT2D eigenvalue weighted by Crippen LogP contribution is -2.30. The largest absolute Gasteiger partial charge is 0.462 e. The molecule has 0 aliphatic rings. The molecule has 6 heteroatoms. The quantitative estimate of drug-likeness (QED) is 0.0263. The third-order valence-corrected chi connectivity index (χ3v) is 12.0. The van der Waals surface area contributed by atoms with Crippen LogP contribution < -0.4 is 0 Å². The molecule has 354 valence electrons. The number of allylic oxidation sites excluding steroid dienone is 2. The predicted octanol–water partition coefficient (Wildman–Crippen LogP) is 17.4. The molecule has 0 saturated heterocycles. The summed E-state index contributed by atoms with van der Waals surface area (Å²) in [6.07, 6.45) is 54.7. The summed E-state index contributed by atoms with van der Waals surface area (Å²) in [4.78, 5) is 38.0. The molecule has 0 aromatic carbocycles. The van der Waals surface area contributed by atoms with Gasteiger partial charge in [0.2, 0.25) is 0 Å². The Morgan fingerprint density at radius 1 is 0.317 bits per heavy atom. The van der Waals surface area contributed by atoms with E-state index in [4.69, 9.17) is 14.2 Å². The van der Waals surface area contributed by atoms with E-state index in [2.05, 4.69) is 32.9 Å². The molecule has 0 aliphatic heterocycles. The van der Waals surface area contributed by atoms with Crippen LogP contribution in [0.3, 0.4) is 0 Å². The third-order valence-electron chi connectivity index (χ3n) is 12.0. The number of ether oxygens (including phenoxy) is 3. The zero-order chi connectivity index (χ0) is 43.7. The van der Waals surface area contributed by atoms with Crippen LogP contribution in [-0.4, -0.2) is 37.2 Å². The number of hydrogen-bond donors (Lipinski definition) is 0. The van der Waals surface area contributed by atoms with Crippen LogP contribution in [0.25, 0.3) is 0 Å². The first-order valence-electron chi connectivity index (χ1n) is 26.7. The summed E-state index contributed by atoms with van der Waals surface area (Å²) >= 11 is 0. The van der Waals surface area contributed by atoms with Crippen LogP contribution >= 0.6 is 0 Å². The van der Waals surface area contributed by atoms with E-state index in [1.54, 1.807) is 0 Å². The summed E-state index contributed by atoms with van der Waals surface area (Å²) < 4.78 is 16.8. The molecule has 0 saturated carbocycles. The van der Waals surface area contributed by atoms with Crippen molar-refractivity contribution < 1.29 is 28.6 Å². The van der Waals surface area contributed by atoms with Gasteiger partial charge in [-0.2, -0.15) is 0 Å². The van der Waals surface area contributed by atoms with Crippen LogP contribution in [0.2, 0.25) is 0 Å². The van der Waals surface area contributed by atoms with Crippen LogP contribution in [-0.2, 0) is 28.6 Å². The summed E-state index contributed by atoms with van der Waals surface area (Å²) in [5.74, 6) is -0.852. The Kier molecular flexibility index (Phi) is 48.3. The van der Waals surface area contributed by atoms with E-state index in [0.717, 1.165) is 57.8 Å². The molecule has 0 radical (unpaired) electrons. The topological polar surface area (TPSA) is 78.9 Å². The molecule has 6 nitrogen and oxygen atoms in total. The molecule has 0 aromatic rings. The van der Waals surface area contributed by atoms with Gasteiger partial charge in [0.1, 0.15) is 13.2 Å². The maximum atomic E-state index is 12.8. The molecule has 0 bridgehead atoms. The predicted molar refractivity (Wildman–Crippen MR) is 256 cm³/mol. The first-order chi connectivity index (χ1) is 29.5.